The van der Waals surface area contributed by atoms with E-state index in [1.807, 2.05) is 0 Å². The number of aryl methyl sites for hydroxylation is 2. The molecule has 228 valence electrons. The molecule has 2 unspecified atom stereocenters. The highest BCUT2D eigenvalue weighted by Gasteiger charge is 2.44. The molecule has 8 heteroatoms. The lowest BCUT2D eigenvalue weighted by molar-refractivity contribution is 0.256. The van der Waals surface area contributed by atoms with E-state index in [-0.39, 0.29) is 17.2 Å². The Morgan fingerprint density at radius 3 is 2.57 bits per heavy atom. The summed E-state index contributed by atoms with van der Waals surface area (Å²) in [6.45, 7) is 5.56. The summed E-state index contributed by atoms with van der Waals surface area (Å²) in [6.07, 6.45) is 14.0. The molecule has 0 aromatic carbocycles. The highest BCUT2D eigenvalue weighted by molar-refractivity contribution is 8.03. The van der Waals surface area contributed by atoms with Gasteiger partial charge in [0.25, 0.3) is 0 Å². The number of hydrogen-bond donors (Lipinski definition) is 2. The summed E-state index contributed by atoms with van der Waals surface area (Å²) < 4.78 is 0. The summed E-state index contributed by atoms with van der Waals surface area (Å²) in [7, 11) is 6.63. The van der Waals surface area contributed by atoms with Crippen LogP contribution in [0.25, 0.3) is 0 Å². The van der Waals surface area contributed by atoms with Crippen molar-refractivity contribution in [2.45, 2.75) is 114 Å². The topological polar surface area (TPSA) is 106 Å². The summed E-state index contributed by atoms with van der Waals surface area (Å²) in [5.74, 6) is 0.518. The van der Waals surface area contributed by atoms with E-state index in [1.54, 1.807) is 11.8 Å². The Labute approximate surface area is 257 Å². The molecule has 7 nitrogen and oxygen atoms in total. The van der Waals surface area contributed by atoms with Crippen molar-refractivity contribution >= 4 is 17.5 Å². The fourth-order valence-corrected chi connectivity index (χ4v) is 8.94. The van der Waals surface area contributed by atoms with Gasteiger partial charge < -0.3 is 15.5 Å². The van der Waals surface area contributed by atoms with Crippen molar-refractivity contribution in [3.05, 3.63) is 44.9 Å². The first kappa shape index (κ1) is 31.4. The van der Waals surface area contributed by atoms with E-state index < -0.39 is 0 Å². The average Bonchev–Trinajstić information content (AvgIpc) is 3.56. The van der Waals surface area contributed by atoms with E-state index >= 15 is 0 Å². The lowest BCUT2D eigenvalue weighted by atomic mass is 9.75. The van der Waals surface area contributed by atoms with Gasteiger partial charge in [0.05, 0.1) is 17.4 Å². The van der Waals surface area contributed by atoms with Crippen LogP contribution < -0.4 is 5.73 Å². The number of allylic oxidation sites excluding steroid dienone is 3. The lowest BCUT2D eigenvalue weighted by Crippen LogP contribution is -2.30. The van der Waals surface area contributed by atoms with Crippen LogP contribution in [0.5, 0.6) is 0 Å². The molecule has 0 bridgehead atoms. The van der Waals surface area contributed by atoms with Gasteiger partial charge in [-0.3, -0.25) is 5.41 Å². The standard InChI is InChI=1S/C34H51N7S/c1-6-9-27(22(2)26-11-7-12-29-30(26)28(21-35)32(37)42-29)31(36)33-38-23(13-14-25-10-8-19-41(25)5)20-24(39-33)15-16-34(17-18-34)40(3)4/h20,25-26,28,32,36H,6-19,37H2,1-5H3/b27-22+,36-31?/t25-,26+,28?,32?/m0/s1. The first-order valence-electron chi connectivity index (χ1n) is 16.3. The SMILES string of the molecule is CCC/C(C(=N)c1nc(CC[C@@H]2CCCN2C)cc(CCC2(N(C)C)CC2)n1)=C(/C)[C@H]1CCCC2=C1C(C#N)C(N)S2. The molecule has 2 aliphatic carbocycles. The highest BCUT2D eigenvalue weighted by Crippen LogP contribution is 2.51. The van der Waals surface area contributed by atoms with E-state index in [0.29, 0.717) is 23.1 Å². The van der Waals surface area contributed by atoms with Crippen molar-refractivity contribution < 1.29 is 0 Å². The van der Waals surface area contributed by atoms with Crippen LogP contribution >= 0.6 is 11.8 Å². The number of nitrogens with two attached hydrogens (primary N) is 1. The fraction of sp³-hybridized carbons (Fsp3) is 0.706. The maximum Gasteiger partial charge on any atom is 0.178 e. The maximum atomic E-state index is 10.00. The van der Waals surface area contributed by atoms with Crippen molar-refractivity contribution in [2.24, 2.45) is 17.6 Å². The molecule has 3 N–H and O–H groups in total. The lowest BCUT2D eigenvalue weighted by Gasteiger charge is -2.29. The van der Waals surface area contributed by atoms with Gasteiger partial charge >= 0.3 is 0 Å². The Morgan fingerprint density at radius 1 is 1.21 bits per heavy atom. The third-order valence-corrected chi connectivity index (χ3v) is 11.8. The summed E-state index contributed by atoms with van der Waals surface area (Å²) in [5.41, 5.74) is 12.8. The number of rotatable bonds is 12. The van der Waals surface area contributed by atoms with Crippen LogP contribution in [0.4, 0.5) is 0 Å². The minimum atomic E-state index is -0.242. The van der Waals surface area contributed by atoms with E-state index in [4.69, 9.17) is 15.7 Å². The Balaban J connectivity index is 1.46. The highest BCUT2D eigenvalue weighted by atomic mass is 32.2. The number of nitrogens with one attached hydrogen (secondary N) is 1. The van der Waals surface area contributed by atoms with Crippen LogP contribution in [0.1, 0.15) is 102 Å². The molecule has 42 heavy (non-hydrogen) atoms. The molecule has 3 heterocycles. The molecular weight excluding hydrogens is 538 g/mol. The largest absolute Gasteiger partial charge is 0.318 e. The third kappa shape index (κ3) is 6.55. The van der Waals surface area contributed by atoms with Gasteiger partial charge in [-0.1, -0.05) is 18.9 Å². The number of nitriles is 1. The smallest absolute Gasteiger partial charge is 0.178 e. The number of aromatic nitrogens is 2. The molecule has 0 spiro atoms. The van der Waals surface area contributed by atoms with Crippen LogP contribution in [0.15, 0.2) is 27.7 Å². The van der Waals surface area contributed by atoms with Gasteiger partial charge in [-0.15, -0.1) is 11.8 Å². The molecule has 1 aromatic rings. The first-order chi connectivity index (χ1) is 20.2. The van der Waals surface area contributed by atoms with E-state index in [2.05, 4.69) is 56.9 Å². The van der Waals surface area contributed by atoms with Gasteiger partial charge in [-0.25, -0.2) is 9.97 Å². The monoisotopic (exact) mass is 589 g/mol. The van der Waals surface area contributed by atoms with Crippen molar-refractivity contribution in [3.8, 4) is 6.07 Å². The van der Waals surface area contributed by atoms with Crippen LogP contribution in [-0.2, 0) is 12.8 Å². The minimum absolute atomic E-state index is 0.178. The van der Waals surface area contributed by atoms with Crippen LogP contribution in [0, 0.1) is 28.6 Å². The first-order valence-corrected chi connectivity index (χ1v) is 17.1. The normalized spacial score (nSPS) is 27.7. The zero-order valence-electron chi connectivity index (χ0n) is 26.5. The summed E-state index contributed by atoms with van der Waals surface area (Å²) in [5, 5.41) is 19.3. The van der Waals surface area contributed by atoms with Gasteiger partial charge in [0, 0.05) is 28.9 Å². The summed E-state index contributed by atoms with van der Waals surface area (Å²) >= 11 is 1.69. The molecule has 4 atom stereocenters. The number of thioether (sulfide) groups is 1. The Hall–Kier alpha value is -2.05. The summed E-state index contributed by atoms with van der Waals surface area (Å²) in [4.78, 5) is 16.3. The Bertz CT molecular complexity index is 1270. The molecule has 5 rings (SSSR count). The second kappa shape index (κ2) is 13.3. The second-order valence-electron chi connectivity index (χ2n) is 13.4. The minimum Gasteiger partial charge on any atom is -0.318 e. The molecule has 1 saturated heterocycles. The van der Waals surface area contributed by atoms with E-state index in [9.17, 15) is 10.7 Å². The Morgan fingerprint density at radius 2 is 1.95 bits per heavy atom. The molecule has 2 fully saturated rings. The van der Waals surface area contributed by atoms with Gasteiger partial charge in [0.15, 0.2) is 5.82 Å². The van der Waals surface area contributed by atoms with Crippen LogP contribution in [0.3, 0.4) is 0 Å². The molecule has 1 saturated carbocycles. The average molecular weight is 590 g/mol. The fourth-order valence-electron chi connectivity index (χ4n) is 7.60. The number of hydrogen-bond acceptors (Lipinski definition) is 8. The molecular formula is C34H51N7S. The third-order valence-electron chi connectivity index (χ3n) is 10.6. The molecule has 4 aliphatic rings. The second-order valence-corrected chi connectivity index (χ2v) is 14.7. The van der Waals surface area contributed by atoms with E-state index in [1.165, 1.54) is 48.3 Å². The molecule has 0 amide bonds. The van der Waals surface area contributed by atoms with Gasteiger partial charge in [0.2, 0.25) is 0 Å². The van der Waals surface area contributed by atoms with Gasteiger partial charge in [0.1, 0.15) is 5.71 Å². The summed E-state index contributed by atoms with van der Waals surface area (Å²) in [6, 6.07) is 5.35. The van der Waals surface area contributed by atoms with E-state index in [0.717, 1.165) is 74.7 Å². The zero-order chi connectivity index (χ0) is 30.0. The quantitative estimate of drug-likeness (QED) is 0.278. The van der Waals surface area contributed by atoms with Crippen molar-refractivity contribution in [2.75, 3.05) is 27.7 Å². The predicted molar refractivity (Wildman–Crippen MR) is 173 cm³/mol. The molecule has 2 aliphatic heterocycles. The van der Waals surface area contributed by atoms with Crippen LogP contribution in [-0.4, -0.2) is 70.1 Å². The molecule has 0 radical (unpaired) electrons. The van der Waals surface area contributed by atoms with Crippen molar-refractivity contribution in [1.82, 2.24) is 19.8 Å². The Kier molecular flexibility index (Phi) is 9.93. The number of nitrogens with zero attached hydrogens (tertiary/aromatic N) is 5. The predicted octanol–water partition coefficient (Wildman–Crippen LogP) is 6.24. The molecule has 1 aromatic heterocycles. The maximum absolute atomic E-state index is 10.00. The van der Waals surface area contributed by atoms with Gasteiger partial charge in [-0.05, 0) is 134 Å². The van der Waals surface area contributed by atoms with Gasteiger partial charge in [-0.2, -0.15) is 5.26 Å². The van der Waals surface area contributed by atoms with Crippen molar-refractivity contribution in [1.29, 1.82) is 10.7 Å². The van der Waals surface area contributed by atoms with Crippen LogP contribution in [0.2, 0.25) is 0 Å². The zero-order valence-corrected chi connectivity index (χ0v) is 27.3. The number of likely N-dealkylation sites (tertiary alicyclic amines) is 1. The van der Waals surface area contributed by atoms with Crippen molar-refractivity contribution in [3.63, 3.8) is 0 Å².